The van der Waals surface area contributed by atoms with Crippen LogP contribution in [0.3, 0.4) is 0 Å². The molecule has 23 heavy (non-hydrogen) atoms. The number of hydrogen-bond acceptors (Lipinski definition) is 2. The third kappa shape index (κ3) is 6.95. The third-order valence-corrected chi connectivity index (χ3v) is 4.51. The van der Waals surface area contributed by atoms with Crippen molar-refractivity contribution in [3.8, 4) is 5.75 Å². The van der Waals surface area contributed by atoms with Crippen molar-refractivity contribution in [1.82, 2.24) is 0 Å². The Morgan fingerprint density at radius 2 is 1.61 bits per heavy atom. The molecule has 2 nitrogen and oxygen atoms in total. The van der Waals surface area contributed by atoms with E-state index in [2.05, 4.69) is 52.0 Å². The molecule has 1 aliphatic rings. The van der Waals surface area contributed by atoms with Gasteiger partial charge in [-0.2, -0.15) is 0 Å². The predicted molar refractivity (Wildman–Crippen MR) is 96.8 cm³/mol. The summed E-state index contributed by atoms with van der Waals surface area (Å²) in [6.07, 6.45) is 9.00. The van der Waals surface area contributed by atoms with E-state index in [0.29, 0.717) is 5.92 Å². The Morgan fingerprint density at radius 1 is 0.957 bits per heavy atom. The van der Waals surface area contributed by atoms with Gasteiger partial charge in [-0.15, -0.1) is 0 Å². The maximum Gasteiger partial charge on any atom is 0.200 e. The minimum Gasteiger partial charge on any atom is -0.465 e. The van der Waals surface area contributed by atoms with Gasteiger partial charge in [0.05, 0.1) is 6.10 Å². The van der Waals surface area contributed by atoms with Crippen molar-refractivity contribution in [2.75, 3.05) is 0 Å². The standard InChI is InChI=1S/C21H34O2/c1-16(2)14-19-10-12-20(13-11-19)23-21(22-17(3)4)15-18-8-6-5-7-9-18/h10-13,16-18,21H,5-9,14-15H2,1-4H3. The molecule has 1 saturated carbocycles. The van der Waals surface area contributed by atoms with Crippen molar-refractivity contribution in [1.29, 1.82) is 0 Å². The summed E-state index contributed by atoms with van der Waals surface area (Å²) in [5, 5.41) is 0. The lowest BCUT2D eigenvalue weighted by molar-refractivity contribution is -0.120. The van der Waals surface area contributed by atoms with Gasteiger partial charge in [0.15, 0.2) is 6.29 Å². The summed E-state index contributed by atoms with van der Waals surface area (Å²) < 4.78 is 12.2. The highest BCUT2D eigenvalue weighted by Crippen LogP contribution is 2.29. The van der Waals surface area contributed by atoms with E-state index in [1.54, 1.807) is 0 Å². The van der Waals surface area contributed by atoms with Crippen molar-refractivity contribution in [2.45, 2.75) is 85.0 Å². The first-order valence-electron chi connectivity index (χ1n) is 9.44. The normalized spacial score (nSPS) is 17.7. The smallest absolute Gasteiger partial charge is 0.200 e. The van der Waals surface area contributed by atoms with Gasteiger partial charge in [0, 0.05) is 6.42 Å². The van der Waals surface area contributed by atoms with Crippen molar-refractivity contribution >= 4 is 0 Å². The molecular weight excluding hydrogens is 284 g/mol. The molecule has 1 aliphatic carbocycles. The van der Waals surface area contributed by atoms with Crippen LogP contribution in [0.5, 0.6) is 5.75 Å². The molecule has 2 rings (SSSR count). The quantitative estimate of drug-likeness (QED) is 0.548. The topological polar surface area (TPSA) is 18.5 Å². The SMILES string of the molecule is CC(C)Cc1ccc(OC(CC2CCCCC2)OC(C)C)cc1. The van der Waals surface area contributed by atoms with Crippen LogP contribution in [0.15, 0.2) is 24.3 Å². The highest BCUT2D eigenvalue weighted by atomic mass is 16.7. The fourth-order valence-electron chi connectivity index (χ4n) is 3.46. The van der Waals surface area contributed by atoms with Crippen LogP contribution in [0, 0.1) is 11.8 Å². The van der Waals surface area contributed by atoms with Crippen LogP contribution in [0.4, 0.5) is 0 Å². The molecule has 0 amide bonds. The molecule has 0 N–H and O–H groups in total. The Hall–Kier alpha value is -1.02. The van der Waals surface area contributed by atoms with Gasteiger partial charge in [-0.05, 0) is 49.8 Å². The predicted octanol–water partition coefficient (Wildman–Crippen LogP) is 5.99. The largest absolute Gasteiger partial charge is 0.465 e. The minimum absolute atomic E-state index is 0.117. The van der Waals surface area contributed by atoms with Crippen LogP contribution < -0.4 is 4.74 Å². The highest BCUT2D eigenvalue weighted by Gasteiger charge is 2.21. The van der Waals surface area contributed by atoms with E-state index in [1.165, 1.54) is 37.7 Å². The fraction of sp³-hybridized carbons (Fsp3) is 0.714. The molecule has 1 aromatic carbocycles. The first-order chi connectivity index (χ1) is 11.0. The lowest BCUT2D eigenvalue weighted by Gasteiger charge is -2.28. The number of benzene rings is 1. The summed E-state index contributed by atoms with van der Waals surface area (Å²) in [4.78, 5) is 0. The van der Waals surface area contributed by atoms with Crippen molar-refractivity contribution in [3.63, 3.8) is 0 Å². The Kier molecular flexibility index (Phi) is 7.42. The van der Waals surface area contributed by atoms with Gasteiger partial charge in [-0.1, -0.05) is 58.1 Å². The summed E-state index contributed by atoms with van der Waals surface area (Å²) in [7, 11) is 0. The van der Waals surface area contributed by atoms with Gasteiger partial charge < -0.3 is 9.47 Å². The summed E-state index contributed by atoms with van der Waals surface area (Å²) >= 11 is 0. The van der Waals surface area contributed by atoms with Crippen molar-refractivity contribution in [2.24, 2.45) is 11.8 Å². The fourth-order valence-corrected chi connectivity index (χ4v) is 3.46. The van der Waals surface area contributed by atoms with Gasteiger partial charge in [0.1, 0.15) is 5.75 Å². The van der Waals surface area contributed by atoms with Crippen LogP contribution in [-0.4, -0.2) is 12.4 Å². The first-order valence-corrected chi connectivity index (χ1v) is 9.44. The second-order valence-electron chi connectivity index (χ2n) is 7.71. The maximum absolute atomic E-state index is 6.17. The van der Waals surface area contributed by atoms with Gasteiger partial charge in [-0.3, -0.25) is 0 Å². The molecule has 0 aliphatic heterocycles. The zero-order valence-electron chi connectivity index (χ0n) is 15.4. The van der Waals surface area contributed by atoms with E-state index in [9.17, 15) is 0 Å². The number of ether oxygens (including phenoxy) is 2. The van der Waals surface area contributed by atoms with Crippen molar-refractivity contribution in [3.05, 3.63) is 29.8 Å². The lowest BCUT2D eigenvalue weighted by Crippen LogP contribution is -2.27. The van der Waals surface area contributed by atoms with E-state index in [4.69, 9.17) is 9.47 Å². The highest BCUT2D eigenvalue weighted by molar-refractivity contribution is 5.27. The van der Waals surface area contributed by atoms with E-state index in [1.807, 2.05) is 0 Å². The summed E-state index contributed by atoms with van der Waals surface area (Å²) in [5.41, 5.74) is 1.38. The molecule has 1 atom stereocenters. The zero-order chi connectivity index (χ0) is 16.7. The molecule has 130 valence electrons. The average Bonchev–Trinajstić information content (AvgIpc) is 2.49. The maximum atomic E-state index is 6.17. The summed E-state index contributed by atoms with van der Waals surface area (Å²) in [5.74, 6) is 2.37. The third-order valence-electron chi connectivity index (χ3n) is 4.51. The van der Waals surface area contributed by atoms with E-state index in [0.717, 1.165) is 24.5 Å². The molecule has 0 heterocycles. The van der Waals surface area contributed by atoms with Gasteiger partial charge in [-0.25, -0.2) is 0 Å². The van der Waals surface area contributed by atoms with Gasteiger partial charge >= 0.3 is 0 Å². The molecular formula is C21H34O2. The molecule has 1 unspecified atom stereocenters. The van der Waals surface area contributed by atoms with E-state index >= 15 is 0 Å². The molecule has 1 fully saturated rings. The molecule has 0 aromatic heterocycles. The molecule has 1 aromatic rings. The molecule has 2 heteroatoms. The molecule has 0 saturated heterocycles. The monoisotopic (exact) mass is 318 g/mol. The zero-order valence-corrected chi connectivity index (χ0v) is 15.4. The van der Waals surface area contributed by atoms with Crippen LogP contribution in [0.25, 0.3) is 0 Å². The van der Waals surface area contributed by atoms with Gasteiger partial charge in [0.2, 0.25) is 0 Å². The molecule has 0 radical (unpaired) electrons. The Labute approximate surface area is 142 Å². The Balaban J connectivity index is 1.93. The van der Waals surface area contributed by atoms with Crippen LogP contribution in [-0.2, 0) is 11.2 Å². The number of hydrogen-bond donors (Lipinski definition) is 0. The average molecular weight is 319 g/mol. The summed E-state index contributed by atoms with van der Waals surface area (Å²) in [6, 6.07) is 8.55. The van der Waals surface area contributed by atoms with Crippen LogP contribution in [0.1, 0.15) is 71.8 Å². The van der Waals surface area contributed by atoms with Crippen molar-refractivity contribution < 1.29 is 9.47 Å². The van der Waals surface area contributed by atoms with Crippen LogP contribution >= 0.6 is 0 Å². The lowest BCUT2D eigenvalue weighted by atomic mass is 9.87. The molecule has 0 spiro atoms. The Bertz CT molecular complexity index is 430. The first kappa shape index (κ1) is 18.3. The number of rotatable bonds is 8. The second-order valence-corrected chi connectivity index (χ2v) is 7.71. The molecule has 0 bridgehead atoms. The minimum atomic E-state index is -0.117. The van der Waals surface area contributed by atoms with E-state index in [-0.39, 0.29) is 12.4 Å². The Morgan fingerprint density at radius 3 is 2.17 bits per heavy atom. The van der Waals surface area contributed by atoms with E-state index < -0.39 is 0 Å². The summed E-state index contributed by atoms with van der Waals surface area (Å²) in [6.45, 7) is 8.67. The van der Waals surface area contributed by atoms with Crippen LogP contribution in [0.2, 0.25) is 0 Å². The second kappa shape index (κ2) is 9.32. The van der Waals surface area contributed by atoms with Gasteiger partial charge in [0.25, 0.3) is 0 Å².